The molecule has 12 heavy (non-hydrogen) atoms. The zero-order valence-corrected chi connectivity index (χ0v) is 8.37. The van der Waals surface area contributed by atoms with Crippen molar-refractivity contribution >= 4 is 39.1 Å². The van der Waals surface area contributed by atoms with E-state index in [0.717, 1.165) is 15.7 Å². The van der Waals surface area contributed by atoms with E-state index in [-0.39, 0.29) is 5.91 Å². The van der Waals surface area contributed by atoms with Gasteiger partial charge >= 0.3 is 0 Å². The van der Waals surface area contributed by atoms with E-state index >= 15 is 0 Å². The maximum atomic E-state index is 11.0. The predicted molar refractivity (Wildman–Crippen MR) is 51.5 cm³/mol. The third-order valence-electron chi connectivity index (χ3n) is 1.81. The quantitative estimate of drug-likeness (QED) is 0.749. The summed E-state index contributed by atoms with van der Waals surface area (Å²) in [5.41, 5.74) is 1.71. The second-order valence-corrected chi connectivity index (χ2v) is 3.84. The molecule has 0 saturated carbocycles. The Morgan fingerprint density at radius 2 is 2.25 bits per heavy atom. The van der Waals surface area contributed by atoms with Gasteiger partial charge in [0.05, 0.1) is 11.4 Å². The Hall–Kier alpha value is -0.540. The van der Waals surface area contributed by atoms with E-state index in [1.54, 1.807) is 0 Å². The molecule has 2 nitrogen and oxygen atoms in total. The molecule has 0 atom stereocenters. The summed E-state index contributed by atoms with van der Waals surface area (Å²) < 4.78 is 0.833. The van der Waals surface area contributed by atoms with Crippen LogP contribution in [-0.4, -0.2) is 5.91 Å². The maximum Gasteiger partial charge on any atom is 0.228 e. The highest BCUT2D eigenvalue weighted by atomic mass is 79.9. The lowest BCUT2D eigenvalue weighted by atomic mass is 10.2. The maximum absolute atomic E-state index is 11.0. The summed E-state index contributed by atoms with van der Waals surface area (Å²) >= 11 is 9.26. The zero-order chi connectivity index (χ0) is 8.72. The van der Waals surface area contributed by atoms with Crippen LogP contribution < -0.4 is 5.32 Å². The molecule has 1 amide bonds. The van der Waals surface area contributed by atoms with Crippen molar-refractivity contribution in [3.63, 3.8) is 0 Å². The summed E-state index contributed by atoms with van der Waals surface area (Å²) in [4.78, 5) is 11.0. The number of halogens is 2. The van der Waals surface area contributed by atoms with E-state index in [2.05, 4.69) is 21.2 Å². The van der Waals surface area contributed by atoms with Gasteiger partial charge in [0, 0.05) is 15.7 Å². The van der Waals surface area contributed by atoms with Gasteiger partial charge in [-0.1, -0.05) is 11.6 Å². The first-order chi connectivity index (χ1) is 5.68. The molecule has 2 rings (SSSR count). The van der Waals surface area contributed by atoms with Crippen molar-refractivity contribution in [3.05, 3.63) is 27.2 Å². The second-order valence-electron chi connectivity index (χ2n) is 2.61. The van der Waals surface area contributed by atoms with Crippen LogP contribution in [0.25, 0.3) is 0 Å². The minimum atomic E-state index is 0.00463. The van der Waals surface area contributed by atoms with Crippen LogP contribution >= 0.6 is 27.5 Å². The number of benzene rings is 1. The van der Waals surface area contributed by atoms with Crippen LogP contribution in [0.3, 0.4) is 0 Å². The van der Waals surface area contributed by atoms with Crippen molar-refractivity contribution in [2.75, 3.05) is 5.32 Å². The molecule has 0 saturated heterocycles. The Morgan fingerprint density at radius 3 is 3.00 bits per heavy atom. The molecule has 4 heteroatoms. The summed E-state index contributed by atoms with van der Waals surface area (Å²) in [6.45, 7) is 0. The Bertz CT molecular complexity index is 364. The molecule has 0 unspecified atom stereocenters. The number of carbonyl (C=O) groups is 1. The van der Waals surface area contributed by atoms with Gasteiger partial charge in [0.25, 0.3) is 0 Å². The Kier molecular flexibility index (Phi) is 1.85. The van der Waals surface area contributed by atoms with Gasteiger partial charge in [-0.25, -0.2) is 0 Å². The lowest BCUT2D eigenvalue weighted by Crippen LogP contribution is -2.03. The first-order valence-corrected chi connectivity index (χ1v) is 4.62. The average Bonchev–Trinajstić information content (AvgIpc) is 2.39. The van der Waals surface area contributed by atoms with Crippen LogP contribution in [0.15, 0.2) is 16.6 Å². The summed E-state index contributed by atoms with van der Waals surface area (Å²) in [6.07, 6.45) is 0.383. The SMILES string of the molecule is O=C1Cc2c(ccc(Br)c2Cl)N1. The van der Waals surface area contributed by atoms with Crippen LogP contribution in [0, 0.1) is 0 Å². The van der Waals surface area contributed by atoms with Crippen molar-refractivity contribution in [1.82, 2.24) is 0 Å². The van der Waals surface area contributed by atoms with Crippen molar-refractivity contribution in [2.45, 2.75) is 6.42 Å². The molecule has 1 aliphatic heterocycles. The molecule has 1 N–H and O–H groups in total. The molecule has 0 bridgehead atoms. The second kappa shape index (κ2) is 2.75. The predicted octanol–water partition coefficient (Wildman–Crippen LogP) is 2.60. The molecular weight excluding hydrogens is 241 g/mol. The standard InChI is InChI=1S/C8H5BrClNO/c9-5-1-2-6-4(8(5)10)3-7(12)11-6/h1-2H,3H2,(H,11,12). The number of carbonyl (C=O) groups excluding carboxylic acids is 1. The fourth-order valence-electron chi connectivity index (χ4n) is 1.24. The summed E-state index contributed by atoms with van der Waals surface area (Å²) in [5.74, 6) is 0.00463. The van der Waals surface area contributed by atoms with E-state index in [1.165, 1.54) is 0 Å². The molecule has 62 valence electrons. The van der Waals surface area contributed by atoms with Gasteiger partial charge in [0.1, 0.15) is 0 Å². The van der Waals surface area contributed by atoms with Gasteiger partial charge < -0.3 is 5.32 Å². The highest BCUT2D eigenvalue weighted by molar-refractivity contribution is 9.10. The minimum absolute atomic E-state index is 0.00463. The van der Waals surface area contributed by atoms with Crippen molar-refractivity contribution in [3.8, 4) is 0 Å². The van der Waals surface area contributed by atoms with Crippen molar-refractivity contribution in [2.24, 2.45) is 0 Å². The Labute approximate surface area is 83.0 Å². The van der Waals surface area contributed by atoms with Gasteiger partial charge in [-0.3, -0.25) is 4.79 Å². The van der Waals surface area contributed by atoms with Crippen LogP contribution in [0.1, 0.15) is 5.56 Å². The number of nitrogens with one attached hydrogen (secondary N) is 1. The molecule has 0 aliphatic carbocycles. The number of fused-ring (bicyclic) bond motifs is 1. The molecule has 0 spiro atoms. The topological polar surface area (TPSA) is 29.1 Å². The molecule has 0 fully saturated rings. The molecular formula is C8H5BrClNO. The van der Waals surface area contributed by atoms with Gasteiger partial charge in [0.15, 0.2) is 0 Å². The molecule has 1 heterocycles. The third-order valence-corrected chi connectivity index (χ3v) is 3.13. The molecule has 1 aromatic carbocycles. The van der Waals surface area contributed by atoms with Crippen molar-refractivity contribution in [1.29, 1.82) is 0 Å². The fourth-order valence-corrected chi connectivity index (χ4v) is 1.84. The lowest BCUT2D eigenvalue weighted by molar-refractivity contribution is -0.115. The van der Waals surface area contributed by atoms with E-state index in [9.17, 15) is 4.79 Å². The highest BCUT2D eigenvalue weighted by Crippen LogP contribution is 2.35. The number of rotatable bonds is 0. The van der Waals surface area contributed by atoms with E-state index in [1.807, 2.05) is 12.1 Å². The van der Waals surface area contributed by atoms with Crippen LogP contribution in [0.5, 0.6) is 0 Å². The number of amides is 1. The van der Waals surface area contributed by atoms with Crippen LogP contribution in [-0.2, 0) is 11.2 Å². The number of hydrogen-bond donors (Lipinski definition) is 1. The highest BCUT2D eigenvalue weighted by Gasteiger charge is 2.21. The normalized spacial score (nSPS) is 14.3. The fraction of sp³-hybridized carbons (Fsp3) is 0.125. The van der Waals surface area contributed by atoms with Crippen LogP contribution in [0.4, 0.5) is 5.69 Å². The Balaban J connectivity index is 2.61. The summed E-state index contributed by atoms with van der Waals surface area (Å²) in [5, 5.41) is 3.35. The van der Waals surface area contributed by atoms with E-state index in [4.69, 9.17) is 11.6 Å². The molecule has 0 radical (unpaired) electrons. The smallest absolute Gasteiger partial charge is 0.228 e. The number of anilines is 1. The van der Waals surface area contributed by atoms with Gasteiger partial charge in [-0.15, -0.1) is 0 Å². The number of hydrogen-bond acceptors (Lipinski definition) is 1. The first kappa shape index (κ1) is 8.08. The molecule has 1 aliphatic rings. The zero-order valence-electron chi connectivity index (χ0n) is 6.03. The van der Waals surface area contributed by atoms with Gasteiger partial charge in [-0.05, 0) is 28.1 Å². The summed E-state index contributed by atoms with van der Waals surface area (Å²) in [6, 6.07) is 3.67. The summed E-state index contributed by atoms with van der Waals surface area (Å²) in [7, 11) is 0. The van der Waals surface area contributed by atoms with Crippen LogP contribution in [0.2, 0.25) is 5.02 Å². The lowest BCUT2D eigenvalue weighted by Gasteiger charge is -2.01. The molecule has 1 aromatic rings. The van der Waals surface area contributed by atoms with Gasteiger partial charge in [-0.2, -0.15) is 0 Å². The largest absolute Gasteiger partial charge is 0.325 e. The minimum Gasteiger partial charge on any atom is -0.325 e. The van der Waals surface area contributed by atoms with Gasteiger partial charge in [0.2, 0.25) is 5.91 Å². The first-order valence-electron chi connectivity index (χ1n) is 3.45. The van der Waals surface area contributed by atoms with Crippen molar-refractivity contribution < 1.29 is 4.79 Å². The van der Waals surface area contributed by atoms with E-state index in [0.29, 0.717) is 11.4 Å². The third kappa shape index (κ3) is 1.13. The average molecular weight is 246 g/mol. The van der Waals surface area contributed by atoms with E-state index < -0.39 is 0 Å². The molecule has 0 aromatic heterocycles. The Morgan fingerprint density at radius 1 is 1.50 bits per heavy atom. The monoisotopic (exact) mass is 245 g/mol.